The van der Waals surface area contributed by atoms with E-state index in [0.29, 0.717) is 11.8 Å². The summed E-state index contributed by atoms with van der Waals surface area (Å²) in [6, 6.07) is 17.6. The fourth-order valence-corrected chi connectivity index (χ4v) is 4.09. The van der Waals surface area contributed by atoms with Crippen LogP contribution in [0.25, 0.3) is 12.2 Å². The van der Waals surface area contributed by atoms with E-state index in [9.17, 15) is 0 Å². The van der Waals surface area contributed by atoms with Gasteiger partial charge in [0.25, 0.3) is 0 Å². The highest BCUT2D eigenvalue weighted by Crippen LogP contribution is 2.51. The maximum Gasteiger partial charge on any atom is 0.0205 e. The Morgan fingerprint density at radius 3 is 1.45 bits per heavy atom. The van der Waals surface area contributed by atoms with E-state index in [1.165, 1.54) is 33.4 Å². The van der Waals surface area contributed by atoms with Gasteiger partial charge in [0.05, 0.1) is 0 Å². The number of allylic oxidation sites excluding steroid dienone is 6. The van der Waals surface area contributed by atoms with Crippen LogP contribution in [0.15, 0.2) is 84.0 Å². The van der Waals surface area contributed by atoms with Crippen molar-refractivity contribution < 1.29 is 0 Å². The number of benzene rings is 2. The highest BCUT2D eigenvalue weighted by molar-refractivity contribution is 5.72. The second kappa shape index (κ2) is 4.45. The zero-order valence-electron chi connectivity index (χ0n) is 12.2. The Labute approximate surface area is 130 Å². The molecule has 0 amide bonds. The lowest BCUT2D eigenvalue weighted by atomic mass is 9.65. The smallest absolute Gasteiger partial charge is 0.0205 e. The molecule has 0 spiro atoms. The van der Waals surface area contributed by atoms with Crippen molar-refractivity contribution in [1.82, 2.24) is 0 Å². The molecule has 2 unspecified atom stereocenters. The summed E-state index contributed by atoms with van der Waals surface area (Å²) in [5, 5.41) is 0. The van der Waals surface area contributed by atoms with Gasteiger partial charge in [-0.1, -0.05) is 85.0 Å². The van der Waals surface area contributed by atoms with Gasteiger partial charge >= 0.3 is 0 Å². The van der Waals surface area contributed by atoms with E-state index >= 15 is 0 Å². The van der Waals surface area contributed by atoms with Gasteiger partial charge in [0.15, 0.2) is 0 Å². The zero-order chi connectivity index (χ0) is 14.5. The Balaban J connectivity index is 1.77. The lowest BCUT2D eigenvalue weighted by molar-refractivity contribution is 0.674. The van der Waals surface area contributed by atoms with Crippen LogP contribution >= 0.6 is 0 Å². The summed E-state index contributed by atoms with van der Waals surface area (Å²) in [4.78, 5) is 0. The molecule has 2 aromatic rings. The van der Waals surface area contributed by atoms with Crippen molar-refractivity contribution in [3.05, 3.63) is 106 Å². The fourth-order valence-electron chi connectivity index (χ4n) is 4.09. The summed E-state index contributed by atoms with van der Waals surface area (Å²) < 4.78 is 0. The third-order valence-corrected chi connectivity index (χ3v) is 5.09. The molecular weight excluding hydrogens is 264 g/mol. The van der Waals surface area contributed by atoms with E-state index in [1.807, 2.05) is 0 Å². The number of rotatable bonds is 0. The van der Waals surface area contributed by atoms with Gasteiger partial charge in [0.1, 0.15) is 0 Å². The van der Waals surface area contributed by atoms with Gasteiger partial charge in [-0.2, -0.15) is 0 Å². The molecule has 5 rings (SSSR count). The zero-order valence-corrected chi connectivity index (χ0v) is 12.2. The lowest BCUT2D eigenvalue weighted by Gasteiger charge is -2.37. The monoisotopic (exact) mass is 280 g/mol. The summed E-state index contributed by atoms with van der Waals surface area (Å²) in [6.45, 7) is 0. The minimum absolute atomic E-state index is 0.437. The maximum absolute atomic E-state index is 2.29. The van der Waals surface area contributed by atoms with E-state index < -0.39 is 0 Å². The third-order valence-electron chi connectivity index (χ3n) is 5.09. The van der Waals surface area contributed by atoms with Crippen LogP contribution in [0, 0.1) is 0 Å². The van der Waals surface area contributed by atoms with Crippen LogP contribution in [-0.2, 0) is 0 Å². The lowest BCUT2D eigenvalue weighted by Crippen LogP contribution is -2.22. The van der Waals surface area contributed by atoms with Crippen LogP contribution in [0.3, 0.4) is 0 Å². The van der Waals surface area contributed by atoms with E-state index in [0.717, 1.165) is 0 Å². The third kappa shape index (κ3) is 1.58. The van der Waals surface area contributed by atoms with Gasteiger partial charge in [0, 0.05) is 11.8 Å². The van der Waals surface area contributed by atoms with Crippen LogP contribution in [0.2, 0.25) is 0 Å². The Hall–Kier alpha value is -2.60. The van der Waals surface area contributed by atoms with Crippen molar-refractivity contribution in [3.8, 4) is 0 Å². The minimum Gasteiger partial charge on any atom is -0.0619 e. The molecule has 0 bridgehead atoms. The summed E-state index contributed by atoms with van der Waals surface area (Å²) in [5.74, 6) is 0.875. The molecule has 0 N–H and O–H groups in total. The molecule has 0 nitrogen and oxygen atoms in total. The van der Waals surface area contributed by atoms with Crippen LogP contribution in [0.4, 0.5) is 0 Å². The van der Waals surface area contributed by atoms with E-state index in [4.69, 9.17) is 0 Å². The van der Waals surface area contributed by atoms with Crippen molar-refractivity contribution in [3.63, 3.8) is 0 Å². The van der Waals surface area contributed by atoms with Crippen LogP contribution in [0.5, 0.6) is 0 Å². The molecular formula is C22H16. The van der Waals surface area contributed by atoms with Crippen LogP contribution in [-0.4, -0.2) is 0 Å². The maximum atomic E-state index is 2.29. The largest absolute Gasteiger partial charge is 0.0619 e. The molecule has 0 saturated heterocycles. The first kappa shape index (κ1) is 12.0. The average molecular weight is 280 g/mol. The first-order valence-corrected chi connectivity index (χ1v) is 7.87. The predicted molar refractivity (Wildman–Crippen MR) is 92.6 cm³/mol. The fraction of sp³-hybridized carbons (Fsp3) is 0.0909. The van der Waals surface area contributed by atoms with Crippen molar-refractivity contribution in [2.24, 2.45) is 0 Å². The molecule has 0 fully saturated rings. The molecule has 0 radical (unpaired) electrons. The number of hydrogen-bond acceptors (Lipinski definition) is 0. The highest BCUT2D eigenvalue weighted by atomic mass is 14.4. The van der Waals surface area contributed by atoms with Gasteiger partial charge in [-0.05, 0) is 33.4 Å². The SMILES string of the molecule is C1=Cc2ccccc2C2C1=CC=C1C=Cc3ccccc3C12. The van der Waals surface area contributed by atoms with Gasteiger partial charge in [-0.15, -0.1) is 0 Å². The van der Waals surface area contributed by atoms with Crippen molar-refractivity contribution in [1.29, 1.82) is 0 Å². The highest BCUT2D eigenvalue weighted by Gasteiger charge is 2.35. The normalized spacial score (nSPS) is 23.6. The van der Waals surface area contributed by atoms with Gasteiger partial charge in [-0.25, -0.2) is 0 Å². The molecule has 0 heterocycles. The Kier molecular flexibility index (Phi) is 2.42. The Morgan fingerprint density at radius 1 is 0.500 bits per heavy atom. The molecule has 3 aliphatic rings. The minimum atomic E-state index is 0.437. The van der Waals surface area contributed by atoms with Gasteiger partial charge in [-0.3, -0.25) is 0 Å². The molecule has 0 saturated carbocycles. The van der Waals surface area contributed by atoms with Crippen molar-refractivity contribution >= 4 is 12.2 Å². The second-order valence-corrected chi connectivity index (χ2v) is 6.21. The average Bonchev–Trinajstić information content (AvgIpc) is 2.60. The second-order valence-electron chi connectivity index (χ2n) is 6.21. The van der Waals surface area contributed by atoms with Gasteiger partial charge in [0.2, 0.25) is 0 Å². The van der Waals surface area contributed by atoms with Crippen LogP contribution < -0.4 is 0 Å². The Morgan fingerprint density at radius 2 is 0.955 bits per heavy atom. The van der Waals surface area contributed by atoms with E-state index in [2.05, 4.69) is 85.0 Å². The first-order chi connectivity index (χ1) is 10.9. The van der Waals surface area contributed by atoms with Gasteiger partial charge < -0.3 is 0 Å². The molecule has 0 heteroatoms. The summed E-state index contributed by atoms with van der Waals surface area (Å²) in [7, 11) is 0. The molecule has 0 aromatic heterocycles. The molecule has 2 atom stereocenters. The first-order valence-electron chi connectivity index (χ1n) is 7.87. The molecule has 104 valence electrons. The molecule has 2 aromatic carbocycles. The van der Waals surface area contributed by atoms with E-state index in [1.54, 1.807) is 0 Å². The van der Waals surface area contributed by atoms with Crippen molar-refractivity contribution in [2.75, 3.05) is 0 Å². The number of hydrogen-bond donors (Lipinski definition) is 0. The van der Waals surface area contributed by atoms with E-state index in [-0.39, 0.29) is 0 Å². The van der Waals surface area contributed by atoms with Crippen LogP contribution in [0.1, 0.15) is 34.1 Å². The standard InChI is InChI=1S/C22H16/c1-3-7-19-15(5-1)9-11-17-13-14-18-12-10-16-6-2-4-8-20(16)22(18)21(17)19/h1-14,21-22H. The molecule has 3 aliphatic carbocycles. The summed E-state index contributed by atoms with van der Waals surface area (Å²) in [5.41, 5.74) is 8.49. The quantitative estimate of drug-likeness (QED) is 0.600. The number of fused-ring (bicyclic) bond motifs is 7. The Bertz CT molecular complexity index is 814. The molecule has 0 aliphatic heterocycles. The predicted octanol–water partition coefficient (Wildman–Crippen LogP) is 5.47. The topological polar surface area (TPSA) is 0 Å². The summed E-state index contributed by atoms with van der Waals surface area (Å²) >= 11 is 0. The molecule has 22 heavy (non-hydrogen) atoms. The summed E-state index contributed by atoms with van der Waals surface area (Å²) in [6.07, 6.45) is 13.7. The van der Waals surface area contributed by atoms with Crippen molar-refractivity contribution in [2.45, 2.75) is 11.8 Å².